The van der Waals surface area contributed by atoms with E-state index in [1.54, 1.807) is 0 Å². The Bertz CT molecular complexity index is 312. The predicted octanol–water partition coefficient (Wildman–Crippen LogP) is 2.96. The fourth-order valence-electron chi connectivity index (χ4n) is 2.36. The van der Waals surface area contributed by atoms with Crippen LogP contribution in [0.1, 0.15) is 38.2 Å². The number of aliphatic hydroxyl groups is 1. The molecule has 2 nitrogen and oxygen atoms in total. The van der Waals surface area contributed by atoms with E-state index in [-0.39, 0.29) is 12.1 Å². The summed E-state index contributed by atoms with van der Waals surface area (Å²) in [6.07, 6.45) is 5.23. The number of benzene rings is 1. The summed E-state index contributed by atoms with van der Waals surface area (Å²) < 4.78 is 0. The van der Waals surface area contributed by atoms with Crippen molar-refractivity contribution in [2.75, 3.05) is 5.32 Å². The lowest BCUT2D eigenvalue weighted by atomic mass is 10.0. The molecule has 0 bridgehead atoms. The molecule has 88 valence electrons. The molecule has 1 aromatic carbocycles. The highest BCUT2D eigenvalue weighted by molar-refractivity contribution is 5.56. The van der Waals surface area contributed by atoms with Crippen molar-refractivity contribution in [1.82, 2.24) is 0 Å². The number of nitrogens with one attached hydrogen (secondary N) is 1. The van der Waals surface area contributed by atoms with Crippen molar-refractivity contribution in [2.24, 2.45) is 0 Å². The van der Waals surface area contributed by atoms with E-state index in [9.17, 15) is 5.11 Å². The summed E-state index contributed by atoms with van der Waals surface area (Å²) in [6.45, 7) is 2.19. The van der Waals surface area contributed by atoms with Gasteiger partial charge in [0.2, 0.25) is 0 Å². The maximum absolute atomic E-state index is 10.1. The summed E-state index contributed by atoms with van der Waals surface area (Å²) in [5.41, 5.74) is 2.53. The summed E-state index contributed by atoms with van der Waals surface area (Å²) >= 11 is 0. The molecule has 1 aliphatic heterocycles. The van der Waals surface area contributed by atoms with Crippen molar-refractivity contribution in [3.05, 3.63) is 29.8 Å². The van der Waals surface area contributed by atoms with E-state index in [1.165, 1.54) is 24.1 Å². The van der Waals surface area contributed by atoms with E-state index in [0.29, 0.717) is 0 Å². The van der Waals surface area contributed by atoms with Gasteiger partial charge in [0.25, 0.3) is 0 Å². The molecule has 0 saturated carbocycles. The highest BCUT2D eigenvalue weighted by atomic mass is 16.3. The zero-order valence-electron chi connectivity index (χ0n) is 9.95. The van der Waals surface area contributed by atoms with Gasteiger partial charge in [-0.25, -0.2) is 0 Å². The van der Waals surface area contributed by atoms with Gasteiger partial charge in [0, 0.05) is 5.69 Å². The van der Waals surface area contributed by atoms with Crippen molar-refractivity contribution < 1.29 is 5.11 Å². The van der Waals surface area contributed by atoms with Gasteiger partial charge < -0.3 is 10.4 Å². The molecular formula is C14H21NO. The first kappa shape index (κ1) is 11.5. The molecule has 0 amide bonds. The third kappa shape index (κ3) is 2.56. The first-order valence-corrected chi connectivity index (χ1v) is 6.33. The van der Waals surface area contributed by atoms with Crippen LogP contribution in [-0.2, 0) is 6.42 Å². The minimum atomic E-state index is -0.209. The van der Waals surface area contributed by atoms with Crippen molar-refractivity contribution >= 4 is 5.69 Å². The van der Waals surface area contributed by atoms with E-state index in [0.717, 1.165) is 19.3 Å². The Kier molecular flexibility index (Phi) is 3.83. The van der Waals surface area contributed by atoms with Crippen molar-refractivity contribution in [3.8, 4) is 0 Å². The van der Waals surface area contributed by atoms with Crippen LogP contribution in [0.15, 0.2) is 24.3 Å². The Morgan fingerprint density at radius 3 is 2.94 bits per heavy atom. The van der Waals surface area contributed by atoms with Crippen LogP contribution < -0.4 is 5.32 Å². The van der Waals surface area contributed by atoms with Crippen LogP contribution in [0.5, 0.6) is 0 Å². The number of aliphatic hydroxyl groups excluding tert-OH is 1. The predicted molar refractivity (Wildman–Crippen MR) is 67.7 cm³/mol. The van der Waals surface area contributed by atoms with Crippen LogP contribution in [0.3, 0.4) is 0 Å². The molecule has 0 spiro atoms. The number of fused-ring (bicyclic) bond motifs is 1. The van der Waals surface area contributed by atoms with Crippen LogP contribution in [-0.4, -0.2) is 17.3 Å². The molecule has 1 aromatic rings. The second-order valence-corrected chi connectivity index (χ2v) is 4.68. The molecule has 0 aliphatic carbocycles. The van der Waals surface area contributed by atoms with Crippen molar-refractivity contribution in [1.29, 1.82) is 0 Å². The average Bonchev–Trinajstić information content (AvgIpc) is 2.73. The zero-order chi connectivity index (χ0) is 11.4. The van der Waals surface area contributed by atoms with Crippen LogP contribution in [0.25, 0.3) is 0 Å². The number of anilines is 1. The summed E-state index contributed by atoms with van der Waals surface area (Å²) in [5, 5.41) is 13.5. The zero-order valence-corrected chi connectivity index (χ0v) is 9.95. The van der Waals surface area contributed by atoms with Crippen LogP contribution >= 0.6 is 0 Å². The molecule has 2 atom stereocenters. The largest absolute Gasteiger partial charge is 0.391 e. The lowest BCUT2D eigenvalue weighted by Gasteiger charge is -2.18. The SMILES string of the molecule is CCCCCC(O)C1Cc2ccccc2N1. The number of hydrogen-bond acceptors (Lipinski definition) is 2. The summed E-state index contributed by atoms with van der Waals surface area (Å²) in [6, 6.07) is 8.55. The molecule has 0 fully saturated rings. The van der Waals surface area contributed by atoms with Gasteiger partial charge in [-0.1, -0.05) is 44.4 Å². The van der Waals surface area contributed by atoms with Gasteiger partial charge in [-0.05, 0) is 24.5 Å². The van der Waals surface area contributed by atoms with Gasteiger partial charge in [-0.2, -0.15) is 0 Å². The van der Waals surface area contributed by atoms with Crippen molar-refractivity contribution in [3.63, 3.8) is 0 Å². The molecule has 2 N–H and O–H groups in total. The van der Waals surface area contributed by atoms with Gasteiger partial charge >= 0.3 is 0 Å². The highest BCUT2D eigenvalue weighted by Gasteiger charge is 2.25. The third-order valence-electron chi connectivity index (χ3n) is 3.37. The highest BCUT2D eigenvalue weighted by Crippen LogP contribution is 2.27. The Morgan fingerprint density at radius 2 is 2.19 bits per heavy atom. The number of unbranched alkanes of at least 4 members (excludes halogenated alkanes) is 2. The molecule has 2 heteroatoms. The molecule has 0 aromatic heterocycles. The monoisotopic (exact) mass is 219 g/mol. The van der Waals surface area contributed by atoms with Crippen molar-refractivity contribution in [2.45, 2.75) is 51.2 Å². The molecule has 2 unspecified atom stereocenters. The summed E-state index contributed by atoms with van der Waals surface area (Å²) in [5.74, 6) is 0. The molecule has 2 rings (SSSR count). The topological polar surface area (TPSA) is 32.3 Å². The average molecular weight is 219 g/mol. The minimum Gasteiger partial charge on any atom is -0.391 e. The molecule has 0 radical (unpaired) electrons. The molecular weight excluding hydrogens is 198 g/mol. The van der Waals surface area contributed by atoms with Gasteiger partial charge in [-0.15, -0.1) is 0 Å². The standard InChI is InChI=1S/C14H21NO/c1-2-3-4-9-14(16)13-10-11-7-5-6-8-12(11)15-13/h5-8,13-16H,2-4,9-10H2,1H3. The Labute approximate surface area is 97.7 Å². The van der Waals surface area contributed by atoms with E-state index < -0.39 is 0 Å². The second kappa shape index (κ2) is 5.35. The fraction of sp³-hybridized carbons (Fsp3) is 0.571. The van der Waals surface area contributed by atoms with Crippen LogP contribution in [0, 0.1) is 0 Å². The van der Waals surface area contributed by atoms with Crippen LogP contribution in [0.4, 0.5) is 5.69 Å². The molecule has 1 aliphatic rings. The lowest BCUT2D eigenvalue weighted by molar-refractivity contribution is 0.141. The number of rotatable bonds is 5. The van der Waals surface area contributed by atoms with E-state index in [4.69, 9.17) is 0 Å². The quantitative estimate of drug-likeness (QED) is 0.746. The maximum Gasteiger partial charge on any atom is 0.0744 e. The molecule has 1 heterocycles. The minimum absolute atomic E-state index is 0.209. The van der Waals surface area contributed by atoms with Gasteiger partial charge in [0.1, 0.15) is 0 Å². The first-order chi connectivity index (χ1) is 7.81. The first-order valence-electron chi connectivity index (χ1n) is 6.33. The van der Waals surface area contributed by atoms with E-state index in [2.05, 4.69) is 30.4 Å². The Morgan fingerprint density at radius 1 is 1.38 bits per heavy atom. The second-order valence-electron chi connectivity index (χ2n) is 4.68. The smallest absolute Gasteiger partial charge is 0.0744 e. The van der Waals surface area contributed by atoms with Gasteiger partial charge in [0.05, 0.1) is 12.1 Å². The van der Waals surface area contributed by atoms with E-state index in [1.807, 2.05) is 6.07 Å². The number of hydrogen-bond donors (Lipinski definition) is 2. The summed E-state index contributed by atoms with van der Waals surface area (Å²) in [7, 11) is 0. The van der Waals surface area contributed by atoms with Gasteiger partial charge in [0.15, 0.2) is 0 Å². The molecule has 0 saturated heterocycles. The van der Waals surface area contributed by atoms with Crippen LogP contribution in [0.2, 0.25) is 0 Å². The lowest BCUT2D eigenvalue weighted by Crippen LogP contribution is -2.31. The Balaban J connectivity index is 1.86. The third-order valence-corrected chi connectivity index (χ3v) is 3.37. The number of para-hydroxylation sites is 1. The molecule has 16 heavy (non-hydrogen) atoms. The maximum atomic E-state index is 10.1. The van der Waals surface area contributed by atoms with Gasteiger partial charge in [-0.3, -0.25) is 0 Å². The Hall–Kier alpha value is -1.02. The van der Waals surface area contributed by atoms with E-state index >= 15 is 0 Å². The summed E-state index contributed by atoms with van der Waals surface area (Å²) in [4.78, 5) is 0. The fourth-order valence-corrected chi connectivity index (χ4v) is 2.36. The normalized spacial score (nSPS) is 20.2.